The molecular weight excluding hydrogens is 162 g/mol. The molecule has 0 fully saturated rings. The molecule has 0 aromatic rings. The summed E-state index contributed by atoms with van der Waals surface area (Å²) in [6, 6.07) is 0.694. The molecule has 80 valence electrons. The van der Waals surface area contributed by atoms with Crippen molar-refractivity contribution in [3.63, 3.8) is 0 Å². The molecule has 13 heavy (non-hydrogen) atoms. The molecule has 0 saturated heterocycles. The molecule has 0 atom stereocenters. The van der Waals surface area contributed by atoms with Crippen LogP contribution in [0.2, 0.25) is 0 Å². The van der Waals surface area contributed by atoms with Crippen LogP contribution >= 0.6 is 0 Å². The molecule has 0 saturated carbocycles. The van der Waals surface area contributed by atoms with Crippen LogP contribution in [0, 0.1) is 0 Å². The monoisotopic (exact) mass is 187 g/mol. The Kier molecular flexibility index (Phi) is 8.46. The van der Waals surface area contributed by atoms with E-state index in [4.69, 9.17) is 4.74 Å². The summed E-state index contributed by atoms with van der Waals surface area (Å²) in [5.74, 6) is 0. The van der Waals surface area contributed by atoms with Gasteiger partial charge in [-0.05, 0) is 39.7 Å². The first-order chi connectivity index (χ1) is 6.20. The zero-order valence-electron chi connectivity index (χ0n) is 9.60. The highest BCUT2D eigenvalue weighted by Crippen LogP contribution is 1.96. The first kappa shape index (κ1) is 12.9. The smallest absolute Gasteiger partial charge is 0.0518 e. The lowest BCUT2D eigenvalue weighted by Gasteiger charge is -2.14. The number of ether oxygens (including phenoxy) is 1. The zero-order chi connectivity index (χ0) is 10.1. The molecule has 0 rings (SSSR count). The Bertz CT molecular complexity index is 100. The number of hydrogen-bond donors (Lipinski definition) is 1. The van der Waals surface area contributed by atoms with Crippen LogP contribution in [-0.4, -0.2) is 25.3 Å². The quantitative estimate of drug-likeness (QED) is 0.590. The Labute approximate surface area is 83.1 Å². The SMILES string of the molecule is CCC(CC)NCCCOC(C)C. The summed E-state index contributed by atoms with van der Waals surface area (Å²) in [5.41, 5.74) is 0. The van der Waals surface area contributed by atoms with E-state index in [-0.39, 0.29) is 0 Å². The van der Waals surface area contributed by atoms with E-state index in [0.717, 1.165) is 19.6 Å². The fourth-order valence-corrected chi connectivity index (χ4v) is 1.27. The molecule has 0 bridgehead atoms. The minimum atomic E-state index is 0.369. The van der Waals surface area contributed by atoms with Crippen molar-refractivity contribution in [1.82, 2.24) is 5.32 Å². The van der Waals surface area contributed by atoms with Gasteiger partial charge < -0.3 is 10.1 Å². The van der Waals surface area contributed by atoms with Crippen LogP contribution in [0.1, 0.15) is 47.0 Å². The van der Waals surface area contributed by atoms with Crippen LogP contribution in [0.3, 0.4) is 0 Å². The Hall–Kier alpha value is -0.0800. The summed E-state index contributed by atoms with van der Waals surface area (Å²) in [6.45, 7) is 10.6. The van der Waals surface area contributed by atoms with E-state index in [0.29, 0.717) is 12.1 Å². The van der Waals surface area contributed by atoms with E-state index in [9.17, 15) is 0 Å². The second-order valence-corrected chi connectivity index (χ2v) is 3.74. The van der Waals surface area contributed by atoms with Crippen molar-refractivity contribution in [2.75, 3.05) is 13.2 Å². The van der Waals surface area contributed by atoms with Gasteiger partial charge in [-0.2, -0.15) is 0 Å². The van der Waals surface area contributed by atoms with Gasteiger partial charge in [-0.25, -0.2) is 0 Å². The predicted molar refractivity (Wildman–Crippen MR) is 58.1 cm³/mol. The predicted octanol–water partition coefficient (Wildman–Crippen LogP) is 2.58. The van der Waals surface area contributed by atoms with Gasteiger partial charge in [0.05, 0.1) is 6.10 Å². The van der Waals surface area contributed by atoms with Gasteiger partial charge in [0.25, 0.3) is 0 Å². The summed E-state index contributed by atoms with van der Waals surface area (Å²) in [4.78, 5) is 0. The van der Waals surface area contributed by atoms with E-state index in [2.05, 4.69) is 33.0 Å². The molecule has 0 aromatic heterocycles. The van der Waals surface area contributed by atoms with Gasteiger partial charge >= 0.3 is 0 Å². The Balaban J connectivity index is 3.14. The van der Waals surface area contributed by atoms with Crippen LogP contribution in [0.4, 0.5) is 0 Å². The molecule has 2 heteroatoms. The molecule has 0 aliphatic heterocycles. The number of nitrogens with one attached hydrogen (secondary N) is 1. The summed E-state index contributed by atoms with van der Waals surface area (Å²) in [6.07, 6.45) is 3.94. The van der Waals surface area contributed by atoms with Crippen LogP contribution in [0.5, 0.6) is 0 Å². The van der Waals surface area contributed by atoms with Gasteiger partial charge in [0.2, 0.25) is 0 Å². The fourth-order valence-electron chi connectivity index (χ4n) is 1.27. The van der Waals surface area contributed by atoms with Gasteiger partial charge in [0, 0.05) is 12.6 Å². The molecule has 0 spiro atoms. The van der Waals surface area contributed by atoms with Crippen molar-refractivity contribution >= 4 is 0 Å². The molecular formula is C11H25NO. The lowest BCUT2D eigenvalue weighted by atomic mass is 10.2. The molecule has 1 N–H and O–H groups in total. The minimum Gasteiger partial charge on any atom is -0.379 e. The van der Waals surface area contributed by atoms with Crippen molar-refractivity contribution in [2.24, 2.45) is 0 Å². The minimum absolute atomic E-state index is 0.369. The van der Waals surface area contributed by atoms with Gasteiger partial charge in [0.15, 0.2) is 0 Å². The summed E-state index contributed by atoms with van der Waals surface area (Å²) in [5, 5.41) is 3.51. The summed E-state index contributed by atoms with van der Waals surface area (Å²) < 4.78 is 5.45. The van der Waals surface area contributed by atoms with Crippen molar-refractivity contribution in [3.8, 4) is 0 Å². The third kappa shape index (κ3) is 8.26. The second kappa shape index (κ2) is 8.52. The summed E-state index contributed by atoms with van der Waals surface area (Å²) in [7, 11) is 0. The van der Waals surface area contributed by atoms with Gasteiger partial charge in [0.1, 0.15) is 0 Å². The largest absolute Gasteiger partial charge is 0.379 e. The molecule has 2 nitrogen and oxygen atoms in total. The number of hydrogen-bond acceptors (Lipinski definition) is 2. The summed E-state index contributed by atoms with van der Waals surface area (Å²) >= 11 is 0. The molecule has 0 aromatic carbocycles. The standard InChI is InChI=1S/C11H25NO/c1-5-11(6-2)12-8-7-9-13-10(3)4/h10-12H,5-9H2,1-4H3. The van der Waals surface area contributed by atoms with E-state index < -0.39 is 0 Å². The van der Waals surface area contributed by atoms with E-state index >= 15 is 0 Å². The lowest BCUT2D eigenvalue weighted by molar-refractivity contribution is 0.0766. The van der Waals surface area contributed by atoms with Crippen molar-refractivity contribution in [1.29, 1.82) is 0 Å². The van der Waals surface area contributed by atoms with Crippen LogP contribution in [0.25, 0.3) is 0 Å². The van der Waals surface area contributed by atoms with Crippen molar-refractivity contribution in [2.45, 2.75) is 59.1 Å². The van der Waals surface area contributed by atoms with Crippen LogP contribution in [0.15, 0.2) is 0 Å². The molecule has 0 amide bonds. The maximum atomic E-state index is 5.45. The Morgan fingerprint density at radius 2 is 1.77 bits per heavy atom. The Morgan fingerprint density at radius 1 is 1.15 bits per heavy atom. The molecule has 0 aliphatic rings. The lowest BCUT2D eigenvalue weighted by Crippen LogP contribution is -2.29. The highest BCUT2D eigenvalue weighted by Gasteiger charge is 2.00. The van der Waals surface area contributed by atoms with E-state index in [1.807, 2.05) is 0 Å². The van der Waals surface area contributed by atoms with Gasteiger partial charge in [-0.3, -0.25) is 0 Å². The third-order valence-corrected chi connectivity index (χ3v) is 2.19. The average Bonchev–Trinajstić information content (AvgIpc) is 2.11. The van der Waals surface area contributed by atoms with E-state index in [1.54, 1.807) is 0 Å². The van der Waals surface area contributed by atoms with Crippen molar-refractivity contribution < 1.29 is 4.74 Å². The van der Waals surface area contributed by atoms with Gasteiger partial charge in [-0.1, -0.05) is 13.8 Å². The van der Waals surface area contributed by atoms with Crippen molar-refractivity contribution in [3.05, 3.63) is 0 Å². The molecule has 0 aliphatic carbocycles. The normalized spacial score (nSPS) is 11.5. The first-order valence-electron chi connectivity index (χ1n) is 5.55. The van der Waals surface area contributed by atoms with Crippen LogP contribution in [-0.2, 0) is 4.74 Å². The second-order valence-electron chi connectivity index (χ2n) is 3.74. The Morgan fingerprint density at radius 3 is 2.23 bits per heavy atom. The van der Waals surface area contributed by atoms with Crippen LogP contribution < -0.4 is 5.32 Å². The molecule has 0 heterocycles. The maximum absolute atomic E-state index is 5.45. The number of rotatable bonds is 8. The fraction of sp³-hybridized carbons (Fsp3) is 1.00. The topological polar surface area (TPSA) is 21.3 Å². The zero-order valence-corrected chi connectivity index (χ0v) is 9.60. The molecule has 0 unspecified atom stereocenters. The molecule has 0 radical (unpaired) electrons. The average molecular weight is 187 g/mol. The first-order valence-corrected chi connectivity index (χ1v) is 5.55. The maximum Gasteiger partial charge on any atom is 0.0518 e. The third-order valence-electron chi connectivity index (χ3n) is 2.19. The highest BCUT2D eigenvalue weighted by molar-refractivity contribution is 4.61. The van der Waals surface area contributed by atoms with E-state index in [1.165, 1.54) is 12.8 Å². The highest BCUT2D eigenvalue weighted by atomic mass is 16.5. The van der Waals surface area contributed by atoms with Gasteiger partial charge in [-0.15, -0.1) is 0 Å².